The molecule has 3 aliphatic rings. The van der Waals surface area contributed by atoms with Crippen LogP contribution in [0.5, 0.6) is 0 Å². The lowest BCUT2D eigenvalue weighted by Gasteiger charge is -2.29. The van der Waals surface area contributed by atoms with Gasteiger partial charge >= 0.3 is 6.03 Å². The van der Waals surface area contributed by atoms with E-state index in [2.05, 4.69) is 26.8 Å². The summed E-state index contributed by atoms with van der Waals surface area (Å²) in [4.78, 5) is 28.6. The maximum atomic E-state index is 12.1. The minimum atomic E-state index is -0.407. The molecule has 2 aliphatic heterocycles. The number of nitrogens with one attached hydrogen (secondary N) is 2. The molecule has 4 rings (SSSR count). The number of hydrogen-bond acceptors (Lipinski definition) is 6. The van der Waals surface area contributed by atoms with E-state index >= 15 is 0 Å². The van der Waals surface area contributed by atoms with Crippen molar-refractivity contribution in [3.8, 4) is 0 Å². The van der Waals surface area contributed by atoms with Gasteiger partial charge < -0.3 is 5.32 Å². The van der Waals surface area contributed by atoms with E-state index in [1.807, 2.05) is 29.4 Å². The van der Waals surface area contributed by atoms with Crippen LogP contribution in [0.15, 0.2) is 34.4 Å². The van der Waals surface area contributed by atoms with Crippen molar-refractivity contribution in [2.75, 3.05) is 5.75 Å². The number of fused-ring (bicyclic) bond motifs is 3. The zero-order valence-electron chi connectivity index (χ0n) is 14.4. The zero-order chi connectivity index (χ0) is 17.9. The molecule has 0 radical (unpaired) electrons. The third-order valence-corrected chi connectivity index (χ3v) is 5.76. The Morgan fingerprint density at radius 2 is 2.04 bits per heavy atom. The van der Waals surface area contributed by atoms with Crippen LogP contribution in [0.25, 0.3) is 0 Å². The molecule has 2 N–H and O–H groups in total. The Hall–Kier alpha value is -2.35. The fraction of sp³-hybridized carbons (Fsp3) is 0.444. The molecule has 1 aromatic rings. The Bertz CT molecular complexity index is 773. The van der Waals surface area contributed by atoms with E-state index in [0.717, 1.165) is 43.4 Å². The summed E-state index contributed by atoms with van der Waals surface area (Å²) in [5.74, 6) is -0.204. The van der Waals surface area contributed by atoms with Crippen LogP contribution < -0.4 is 10.6 Å². The number of benzene rings is 1. The van der Waals surface area contributed by atoms with Crippen molar-refractivity contribution >= 4 is 40.8 Å². The summed E-state index contributed by atoms with van der Waals surface area (Å²) >= 11 is 1.30. The van der Waals surface area contributed by atoms with Crippen molar-refractivity contribution in [3.05, 3.63) is 29.8 Å². The van der Waals surface area contributed by atoms with Crippen molar-refractivity contribution in [2.45, 2.75) is 44.2 Å². The minimum absolute atomic E-state index is 0.123. The number of nitrogens with zero attached hydrogens (tertiary/aromatic N) is 3. The first-order valence-electron chi connectivity index (χ1n) is 8.93. The number of urea groups is 1. The maximum Gasteiger partial charge on any atom is 0.321 e. The fourth-order valence-corrected chi connectivity index (χ4v) is 4.37. The van der Waals surface area contributed by atoms with Crippen molar-refractivity contribution in [1.29, 1.82) is 0 Å². The second kappa shape index (κ2) is 7.49. The highest BCUT2D eigenvalue weighted by Crippen LogP contribution is 2.40. The van der Waals surface area contributed by atoms with Crippen LogP contribution in [0.3, 0.4) is 0 Å². The number of amidine groups is 1. The predicted octanol–water partition coefficient (Wildman–Crippen LogP) is 2.92. The minimum Gasteiger partial charge on any atom is -0.335 e. The van der Waals surface area contributed by atoms with Crippen LogP contribution in [0.4, 0.5) is 10.5 Å². The SMILES string of the molecule is O=C(CSC1=Nc2ccccc2[C@@H]2CC=NN12)NC(=O)NC1CCCC1. The van der Waals surface area contributed by atoms with Gasteiger partial charge in [-0.3, -0.25) is 10.1 Å². The molecular weight excluding hydrogens is 350 g/mol. The van der Waals surface area contributed by atoms with Crippen molar-refractivity contribution < 1.29 is 9.59 Å². The van der Waals surface area contributed by atoms with Gasteiger partial charge in [0, 0.05) is 24.2 Å². The van der Waals surface area contributed by atoms with Gasteiger partial charge in [-0.1, -0.05) is 42.8 Å². The van der Waals surface area contributed by atoms with Gasteiger partial charge in [-0.25, -0.2) is 14.8 Å². The van der Waals surface area contributed by atoms with E-state index < -0.39 is 6.03 Å². The maximum absolute atomic E-state index is 12.1. The predicted molar refractivity (Wildman–Crippen MR) is 103 cm³/mol. The summed E-state index contributed by atoms with van der Waals surface area (Å²) in [6, 6.07) is 7.91. The molecule has 1 fully saturated rings. The first-order chi connectivity index (χ1) is 12.7. The molecule has 1 aliphatic carbocycles. The summed E-state index contributed by atoms with van der Waals surface area (Å²) in [6.45, 7) is 0. The summed E-state index contributed by atoms with van der Waals surface area (Å²) < 4.78 is 0. The van der Waals surface area contributed by atoms with Gasteiger partial charge in [-0.15, -0.1) is 0 Å². The molecule has 0 unspecified atom stereocenters. The van der Waals surface area contributed by atoms with Gasteiger partial charge in [0.15, 0.2) is 5.17 Å². The number of carbonyl (C=O) groups excluding carboxylic acids is 2. The average molecular weight is 371 g/mol. The Balaban J connectivity index is 1.35. The molecular formula is C18H21N5O2S. The topological polar surface area (TPSA) is 86.2 Å². The van der Waals surface area contributed by atoms with Gasteiger partial charge in [0.1, 0.15) is 0 Å². The third-order valence-electron chi connectivity index (χ3n) is 4.81. The third kappa shape index (κ3) is 3.60. The van der Waals surface area contributed by atoms with Gasteiger partial charge in [0.05, 0.1) is 17.5 Å². The van der Waals surface area contributed by atoms with E-state index in [1.165, 1.54) is 11.8 Å². The summed E-state index contributed by atoms with van der Waals surface area (Å²) in [6.07, 6.45) is 6.94. The highest BCUT2D eigenvalue weighted by Gasteiger charge is 2.32. The number of aliphatic imine (C=N–C) groups is 1. The highest BCUT2D eigenvalue weighted by molar-refractivity contribution is 8.14. The van der Waals surface area contributed by atoms with Crippen LogP contribution in [0.2, 0.25) is 0 Å². The molecule has 7 nitrogen and oxygen atoms in total. The molecule has 3 amide bonds. The number of rotatable bonds is 3. The molecule has 0 spiro atoms. The number of hydrazone groups is 1. The Labute approximate surface area is 156 Å². The Morgan fingerprint density at radius 1 is 1.23 bits per heavy atom. The van der Waals surface area contributed by atoms with Crippen LogP contribution in [-0.4, -0.2) is 40.1 Å². The number of hydrogen-bond donors (Lipinski definition) is 2. The largest absolute Gasteiger partial charge is 0.335 e. The van der Waals surface area contributed by atoms with E-state index in [4.69, 9.17) is 0 Å². The quantitative estimate of drug-likeness (QED) is 0.855. The Morgan fingerprint density at radius 3 is 2.88 bits per heavy atom. The number of para-hydroxylation sites is 1. The standard InChI is InChI=1S/C18H21N5O2S/c24-16(22-17(25)20-12-5-1-2-6-12)11-26-18-21-14-8-4-3-7-13(14)15-9-10-19-23(15)18/h3-4,7-8,10,12,15H,1-2,5-6,9,11H2,(H2,20,22,24,25)/t15-/m0/s1. The van der Waals surface area contributed by atoms with E-state index in [1.54, 1.807) is 0 Å². The molecule has 1 saturated carbocycles. The lowest BCUT2D eigenvalue weighted by Crippen LogP contribution is -2.44. The van der Waals surface area contributed by atoms with Crippen molar-refractivity contribution in [3.63, 3.8) is 0 Å². The van der Waals surface area contributed by atoms with Gasteiger partial charge in [0.2, 0.25) is 5.91 Å². The van der Waals surface area contributed by atoms with Crippen molar-refractivity contribution in [1.82, 2.24) is 15.6 Å². The zero-order valence-corrected chi connectivity index (χ0v) is 15.2. The fourth-order valence-electron chi connectivity index (χ4n) is 3.56. The highest BCUT2D eigenvalue weighted by atomic mass is 32.2. The molecule has 8 heteroatoms. The number of amides is 3. The van der Waals surface area contributed by atoms with Gasteiger partial charge in [-0.2, -0.15) is 5.10 Å². The van der Waals surface area contributed by atoms with Crippen LogP contribution in [-0.2, 0) is 4.79 Å². The molecule has 0 aromatic heterocycles. The first-order valence-corrected chi connectivity index (χ1v) is 9.92. The molecule has 1 aromatic carbocycles. The average Bonchev–Trinajstić information content (AvgIpc) is 3.31. The molecule has 0 bridgehead atoms. The summed E-state index contributed by atoms with van der Waals surface area (Å²) in [7, 11) is 0. The first kappa shape index (κ1) is 17.1. The van der Waals surface area contributed by atoms with Crippen LogP contribution >= 0.6 is 11.8 Å². The Kier molecular flexibility index (Phi) is 4.92. The number of carbonyl (C=O) groups is 2. The smallest absolute Gasteiger partial charge is 0.321 e. The van der Waals surface area contributed by atoms with E-state index in [9.17, 15) is 9.59 Å². The van der Waals surface area contributed by atoms with Crippen LogP contribution in [0, 0.1) is 0 Å². The number of imide groups is 1. The molecule has 2 heterocycles. The summed E-state index contributed by atoms with van der Waals surface area (Å²) in [5.41, 5.74) is 2.07. The monoisotopic (exact) mass is 371 g/mol. The molecule has 1 atom stereocenters. The second-order valence-corrected chi connectivity index (χ2v) is 7.58. The van der Waals surface area contributed by atoms with Crippen molar-refractivity contribution in [2.24, 2.45) is 10.1 Å². The molecule has 26 heavy (non-hydrogen) atoms. The van der Waals surface area contributed by atoms with Gasteiger partial charge in [0.25, 0.3) is 0 Å². The van der Waals surface area contributed by atoms with Gasteiger partial charge in [-0.05, 0) is 18.9 Å². The lowest BCUT2D eigenvalue weighted by molar-refractivity contribution is -0.117. The second-order valence-electron chi connectivity index (χ2n) is 6.64. The number of thioether (sulfide) groups is 1. The van der Waals surface area contributed by atoms with E-state index in [0.29, 0.717) is 5.17 Å². The van der Waals surface area contributed by atoms with Crippen LogP contribution in [0.1, 0.15) is 43.7 Å². The molecule has 136 valence electrons. The normalized spacial score (nSPS) is 21.2. The molecule has 0 saturated heterocycles. The lowest BCUT2D eigenvalue weighted by atomic mass is 10.0. The van der Waals surface area contributed by atoms with E-state index in [-0.39, 0.29) is 23.7 Å². The summed E-state index contributed by atoms with van der Waals surface area (Å²) in [5, 5.41) is 12.2.